The van der Waals surface area contributed by atoms with Gasteiger partial charge in [-0.05, 0) is 25.2 Å². The largest absolute Gasteiger partial charge is 0.360 e. The van der Waals surface area contributed by atoms with E-state index in [2.05, 4.69) is 46.5 Å². The molecule has 0 saturated heterocycles. The predicted molar refractivity (Wildman–Crippen MR) is 87.4 cm³/mol. The summed E-state index contributed by atoms with van der Waals surface area (Å²) in [5, 5.41) is 4.34. The molecule has 22 heavy (non-hydrogen) atoms. The van der Waals surface area contributed by atoms with Crippen LogP contribution in [-0.4, -0.2) is 23.1 Å². The predicted octanol–water partition coefficient (Wildman–Crippen LogP) is 4.06. The van der Waals surface area contributed by atoms with Crippen molar-refractivity contribution in [2.45, 2.75) is 32.2 Å². The topological polar surface area (TPSA) is 29.3 Å². The molecule has 0 bridgehead atoms. The standard InChI is InChI=1S/C19H22N2O/c1-3-7-15(8-4-1)13-21-12-11-18-17(14-21)19(20-22-18)16-9-5-2-6-10-16/h1-3,5-6,9-10,15H,4,7-8,11-14H2. The molecule has 1 aromatic heterocycles. The molecule has 2 heterocycles. The minimum absolute atomic E-state index is 0.812. The van der Waals surface area contributed by atoms with Crippen molar-refractivity contribution >= 4 is 0 Å². The number of rotatable bonds is 3. The first-order valence-corrected chi connectivity index (χ1v) is 8.30. The van der Waals surface area contributed by atoms with Crippen LogP contribution in [0.25, 0.3) is 11.3 Å². The molecule has 0 N–H and O–H groups in total. The Morgan fingerprint density at radius 3 is 2.91 bits per heavy atom. The van der Waals surface area contributed by atoms with Gasteiger partial charge in [0.05, 0.1) is 0 Å². The van der Waals surface area contributed by atoms with Crippen LogP contribution in [0.4, 0.5) is 0 Å². The van der Waals surface area contributed by atoms with Gasteiger partial charge in [-0.25, -0.2) is 0 Å². The highest BCUT2D eigenvalue weighted by molar-refractivity contribution is 5.63. The Bertz CT molecular complexity index is 659. The zero-order valence-electron chi connectivity index (χ0n) is 12.9. The van der Waals surface area contributed by atoms with Gasteiger partial charge in [-0.1, -0.05) is 47.6 Å². The molecule has 2 aliphatic rings. The Labute approximate surface area is 131 Å². The van der Waals surface area contributed by atoms with Gasteiger partial charge in [0.25, 0.3) is 0 Å². The molecular formula is C19H22N2O. The third-order valence-corrected chi connectivity index (χ3v) is 4.85. The molecule has 4 rings (SSSR count). The van der Waals surface area contributed by atoms with E-state index in [1.807, 2.05) is 6.07 Å². The summed E-state index contributed by atoms with van der Waals surface area (Å²) in [5.41, 5.74) is 3.49. The first-order valence-electron chi connectivity index (χ1n) is 8.30. The summed E-state index contributed by atoms with van der Waals surface area (Å²) in [6.07, 6.45) is 9.45. The number of allylic oxidation sites excluding steroid dienone is 2. The summed E-state index contributed by atoms with van der Waals surface area (Å²) >= 11 is 0. The van der Waals surface area contributed by atoms with Gasteiger partial charge < -0.3 is 4.52 Å². The fraction of sp³-hybridized carbons (Fsp3) is 0.421. The summed E-state index contributed by atoms with van der Waals surface area (Å²) in [6, 6.07) is 10.4. The van der Waals surface area contributed by atoms with Crippen molar-refractivity contribution < 1.29 is 4.52 Å². The summed E-state index contributed by atoms with van der Waals surface area (Å²) < 4.78 is 5.59. The lowest BCUT2D eigenvalue weighted by atomic mass is 9.93. The lowest BCUT2D eigenvalue weighted by Gasteiger charge is -2.30. The highest BCUT2D eigenvalue weighted by atomic mass is 16.5. The molecule has 2 aromatic rings. The number of nitrogens with zero attached hydrogens (tertiary/aromatic N) is 2. The first kappa shape index (κ1) is 13.8. The molecule has 1 aliphatic carbocycles. The molecule has 1 aliphatic heterocycles. The van der Waals surface area contributed by atoms with Crippen LogP contribution < -0.4 is 0 Å². The normalized spacial score (nSPS) is 21.7. The molecule has 1 aromatic carbocycles. The number of benzene rings is 1. The Morgan fingerprint density at radius 1 is 1.18 bits per heavy atom. The summed E-state index contributed by atoms with van der Waals surface area (Å²) in [5.74, 6) is 1.89. The second kappa shape index (κ2) is 6.09. The van der Waals surface area contributed by atoms with E-state index in [9.17, 15) is 0 Å². The molecule has 0 fully saturated rings. The average Bonchev–Trinajstić information content (AvgIpc) is 3.00. The van der Waals surface area contributed by atoms with E-state index < -0.39 is 0 Å². The Balaban J connectivity index is 1.52. The number of fused-ring (bicyclic) bond motifs is 1. The van der Waals surface area contributed by atoms with Crippen molar-refractivity contribution in [1.29, 1.82) is 0 Å². The van der Waals surface area contributed by atoms with E-state index in [-0.39, 0.29) is 0 Å². The maximum atomic E-state index is 5.59. The fourth-order valence-electron chi connectivity index (χ4n) is 3.63. The van der Waals surface area contributed by atoms with E-state index in [1.54, 1.807) is 0 Å². The van der Waals surface area contributed by atoms with Crippen LogP contribution in [0.2, 0.25) is 0 Å². The van der Waals surface area contributed by atoms with Crippen LogP contribution in [0.1, 0.15) is 30.6 Å². The van der Waals surface area contributed by atoms with Crippen molar-refractivity contribution in [2.75, 3.05) is 13.1 Å². The van der Waals surface area contributed by atoms with Gasteiger partial charge in [0.15, 0.2) is 0 Å². The molecule has 3 heteroatoms. The van der Waals surface area contributed by atoms with Crippen molar-refractivity contribution in [3.8, 4) is 11.3 Å². The highest BCUT2D eigenvalue weighted by Gasteiger charge is 2.26. The molecule has 0 radical (unpaired) electrons. The Kier molecular flexibility index (Phi) is 3.81. The smallest absolute Gasteiger partial charge is 0.143 e. The molecule has 1 atom stereocenters. The molecule has 0 spiro atoms. The molecule has 0 amide bonds. The fourth-order valence-corrected chi connectivity index (χ4v) is 3.63. The first-order chi connectivity index (χ1) is 10.9. The van der Waals surface area contributed by atoms with Crippen molar-refractivity contribution in [2.24, 2.45) is 5.92 Å². The molecular weight excluding hydrogens is 272 g/mol. The van der Waals surface area contributed by atoms with Crippen LogP contribution in [0.15, 0.2) is 47.0 Å². The van der Waals surface area contributed by atoms with Crippen LogP contribution in [-0.2, 0) is 13.0 Å². The third kappa shape index (κ3) is 2.73. The molecule has 0 saturated carbocycles. The maximum absolute atomic E-state index is 5.59. The zero-order chi connectivity index (χ0) is 14.8. The van der Waals surface area contributed by atoms with Crippen LogP contribution in [0.3, 0.4) is 0 Å². The zero-order valence-corrected chi connectivity index (χ0v) is 12.9. The molecule has 1 unspecified atom stereocenters. The van der Waals surface area contributed by atoms with Gasteiger partial charge >= 0.3 is 0 Å². The van der Waals surface area contributed by atoms with Crippen LogP contribution in [0, 0.1) is 5.92 Å². The second-order valence-electron chi connectivity index (χ2n) is 6.43. The van der Waals surface area contributed by atoms with E-state index in [1.165, 1.54) is 31.4 Å². The monoisotopic (exact) mass is 294 g/mol. The highest BCUT2D eigenvalue weighted by Crippen LogP contribution is 2.31. The van der Waals surface area contributed by atoms with Gasteiger partial charge in [0, 0.05) is 37.2 Å². The maximum Gasteiger partial charge on any atom is 0.143 e. The SMILES string of the molecule is C1=CCC(CN2CCc3onc(-c4ccccc4)c3C2)CC1. The van der Waals surface area contributed by atoms with E-state index in [0.717, 1.165) is 42.4 Å². The van der Waals surface area contributed by atoms with E-state index >= 15 is 0 Å². The van der Waals surface area contributed by atoms with Crippen LogP contribution in [0.5, 0.6) is 0 Å². The lowest BCUT2D eigenvalue weighted by Crippen LogP contribution is -2.34. The summed E-state index contributed by atoms with van der Waals surface area (Å²) in [7, 11) is 0. The van der Waals surface area contributed by atoms with Gasteiger partial charge in [0.2, 0.25) is 0 Å². The van der Waals surface area contributed by atoms with E-state index in [4.69, 9.17) is 4.52 Å². The van der Waals surface area contributed by atoms with Crippen LogP contribution >= 0.6 is 0 Å². The number of hydrogen-bond donors (Lipinski definition) is 0. The van der Waals surface area contributed by atoms with Gasteiger partial charge in [-0.15, -0.1) is 0 Å². The number of aromatic nitrogens is 1. The molecule has 3 nitrogen and oxygen atoms in total. The van der Waals surface area contributed by atoms with Crippen molar-refractivity contribution in [1.82, 2.24) is 10.1 Å². The third-order valence-electron chi connectivity index (χ3n) is 4.85. The lowest BCUT2D eigenvalue weighted by molar-refractivity contribution is 0.196. The van der Waals surface area contributed by atoms with Gasteiger partial charge in [-0.3, -0.25) is 4.90 Å². The average molecular weight is 294 g/mol. The summed E-state index contributed by atoms with van der Waals surface area (Å²) in [6.45, 7) is 3.27. The van der Waals surface area contributed by atoms with Gasteiger partial charge in [0.1, 0.15) is 11.5 Å². The second-order valence-corrected chi connectivity index (χ2v) is 6.43. The van der Waals surface area contributed by atoms with E-state index in [0.29, 0.717) is 0 Å². The van der Waals surface area contributed by atoms with Gasteiger partial charge in [-0.2, -0.15) is 0 Å². The van der Waals surface area contributed by atoms with Crippen molar-refractivity contribution in [3.05, 3.63) is 53.8 Å². The number of hydrogen-bond acceptors (Lipinski definition) is 3. The molecule has 114 valence electrons. The minimum atomic E-state index is 0.812. The summed E-state index contributed by atoms with van der Waals surface area (Å²) in [4.78, 5) is 2.58. The Morgan fingerprint density at radius 2 is 2.09 bits per heavy atom. The quantitative estimate of drug-likeness (QED) is 0.800. The van der Waals surface area contributed by atoms with Crippen molar-refractivity contribution in [3.63, 3.8) is 0 Å². The minimum Gasteiger partial charge on any atom is -0.360 e. The Hall–Kier alpha value is -1.87.